The molecule has 0 radical (unpaired) electrons. The summed E-state index contributed by atoms with van der Waals surface area (Å²) in [6, 6.07) is 7.78. The second-order valence-corrected chi connectivity index (χ2v) is 7.42. The number of nitrogens with zero attached hydrogens (tertiary/aromatic N) is 2. The van der Waals surface area contributed by atoms with Crippen LogP contribution in [-0.2, 0) is 16.0 Å². The third kappa shape index (κ3) is 3.97. The lowest BCUT2D eigenvalue weighted by atomic mass is 10.0. The summed E-state index contributed by atoms with van der Waals surface area (Å²) in [4.78, 5) is 29.2. The number of hydrogen-bond donors (Lipinski definition) is 1. The van der Waals surface area contributed by atoms with Crippen molar-refractivity contribution in [3.8, 4) is 10.6 Å². The van der Waals surface area contributed by atoms with E-state index in [9.17, 15) is 14.7 Å². The summed E-state index contributed by atoms with van der Waals surface area (Å²) in [6.07, 6.45) is 0.0811. The predicted octanol–water partition coefficient (Wildman–Crippen LogP) is 3.44. The fraction of sp³-hybridized carbons (Fsp3) is 0.312. The number of benzene rings is 1. The Morgan fingerprint density at radius 3 is 2.70 bits per heavy atom. The molecule has 0 aliphatic heterocycles. The van der Waals surface area contributed by atoms with Crippen molar-refractivity contribution in [2.75, 3.05) is 7.05 Å². The highest BCUT2D eigenvalue weighted by Crippen LogP contribution is 2.26. The number of carbonyl (C=O) groups excluding carboxylic acids is 1. The Hall–Kier alpha value is -1.73. The monoisotopic (exact) mass is 396 g/mol. The van der Waals surface area contributed by atoms with Crippen LogP contribution in [0, 0.1) is 0 Å². The molecule has 1 amide bonds. The number of aromatic nitrogens is 1. The standard InChI is InChI=1S/C16H17BrN2O3S/c1-16(2,15(21)22)19(3)13(20)8-12-9-23-14(18-12)10-5-4-6-11(17)7-10/h4-7,9H,8H2,1-3H3,(H,21,22). The van der Waals surface area contributed by atoms with Crippen LogP contribution in [0.2, 0.25) is 0 Å². The van der Waals surface area contributed by atoms with Gasteiger partial charge in [-0.05, 0) is 26.0 Å². The van der Waals surface area contributed by atoms with Gasteiger partial charge in [-0.3, -0.25) is 4.79 Å². The van der Waals surface area contributed by atoms with Crippen LogP contribution >= 0.6 is 27.3 Å². The third-order valence-corrected chi connectivity index (χ3v) is 5.13. The van der Waals surface area contributed by atoms with Gasteiger partial charge in [0.2, 0.25) is 5.91 Å². The number of carboxylic acid groups (broad SMARTS) is 1. The fourth-order valence-corrected chi connectivity index (χ4v) is 3.09. The molecule has 1 heterocycles. The molecule has 0 saturated carbocycles. The van der Waals surface area contributed by atoms with E-state index < -0.39 is 11.5 Å². The molecule has 5 nitrogen and oxygen atoms in total. The Morgan fingerprint density at radius 2 is 2.09 bits per heavy atom. The predicted molar refractivity (Wildman–Crippen MR) is 93.4 cm³/mol. The van der Waals surface area contributed by atoms with Crippen LogP contribution in [0.25, 0.3) is 10.6 Å². The van der Waals surface area contributed by atoms with Gasteiger partial charge in [0.05, 0.1) is 12.1 Å². The number of likely N-dealkylation sites (N-methyl/N-ethyl adjacent to an activating group) is 1. The summed E-state index contributed by atoms with van der Waals surface area (Å²) in [5.74, 6) is -1.31. The molecule has 2 rings (SSSR count). The first kappa shape index (κ1) is 17.6. The van der Waals surface area contributed by atoms with Gasteiger partial charge >= 0.3 is 5.97 Å². The van der Waals surface area contributed by atoms with Gasteiger partial charge in [0, 0.05) is 22.5 Å². The van der Waals surface area contributed by atoms with Gasteiger partial charge in [-0.25, -0.2) is 9.78 Å². The van der Waals surface area contributed by atoms with Crippen molar-refractivity contribution < 1.29 is 14.7 Å². The molecule has 0 spiro atoms. The maximum absolute atomic E-state index is 12.3. The van der Waals surface area contributed by atoms with Gasteiger partial charge in [0.1, 0.15) is 10.5 Å². The van der Waals surface area contributed by atoms with Crippen LogP contribution in [-0.4, -0.2) is 39.5 Å². The van der Waals surface area contributed by atoms with Crippen molar-refractivity contribution in [3.63, 3.8) is 0 Å². The highest BCUT2D eigenvalue weighted by atomic mass is 79.9. The van der Waals surface area contributed by atoms with E-state index in [0.717, 1.165) is 15.0 Å². The molecule has 0 saturated heterocycles. The van der Waals surface area contributed by atoms with Crippen molar-refractivity contribution in [2.45, 2.75) is 25.8 Å². The molecule has 1 aromatic carbocycles. The average Bonchev–Trinajstić information content (AvgIpc) is 2.94. The number of halogens is 1. The van der Waals surface area contributed by atoms with E-state index >= 15 is 0 Å². The molecule has 2 aromatic rings. The van der Waals surface area contributed by atoms with E-state index in [1.165, 1.54) is 37.1 Å². The minimum absolute atomic E-state index is 0.0811. The minimum atomic E-state index is -1.25. The van der Waals surface area contributed by atoms with Crippen LogP contribution in [0.1, 0.15) is 19.5 Å². The van der Waals surface area contributed by atoms with Gasteiger partial charge in [0.15, 0.2) is 0 Å². The second-order valence-electron chi connectivity index (χ2n) is 5.65. The molecule has 0 unspecified atom stereocenters. The molecule has 122 valence electrons. The maximum atomic E-state index is 12.3. The van der Waals surface area contributed by atoms with Gasteiger partial charge in [-0.2, -0.15) is 0 Å². The molecule has 1 N–H and O–H groups in total. The normalized spacial score (nSPS) is 11.3. The van der Waals surface area contributed by atoms with E-state index in [1.54, 1.807) is 0 Å². The third-order valence-electron chi connectivity index (χ3n) is 3.69. The zero-order valence-corrected chi connectivity index (χ0v) is 15.4. The van der Waals surface area contributed by atoms with E-state index in [4.69, 9.17) is 0 Å². The molecule has 0 aliphatic carbocycles. The molecule has 7 heteroatoms. The minimum Gasteiger partial charge on any atom is -0.480 e. The molecule has 0 atom stereocenters. The first-order valence-electron chi connectivity index (χ1n) is 6.92. The number of aliphatic carboxylic acids is 1. The lowest BCUT2D eigenvalue weighted by Gasteiger charge is -2.31. The van der Waals surface area contributed by atoms with Gasteiger partial charge < -0.3 is 10.0 Å². The Kier molecular flexibility index (Phi) is 5.21. The van der Waals surface area contributed by atoms with Crippen LogP contribution in [0.3, 0.4) is 0 Å². The van der Waals surface area contributed by atoms with Crippen molar-refractivity contribution >= 4 is 39.1 Å². The Labute approximate surface area is 147 Å². The lowest BCUT2D eigenvalue weighted by molar-refractivity contribution is -0.155. The highest BCUT2D eigenvalue weighted by molar-refractivity contribution is 9.10. The quantitative estimate of drug-likeness (QED) is 0.839. The average molecular weight is 397 g/mol. The summed E-state index contributed by atoms with van der Waals surface area (Å²) in [5.41, 5.74) is 0.366. The molecule has 0 fully saturated rings. The highest BCUT2D eigenvalue weighted by Gasteiger charge is 2.35. The summed E-state index contributed by atoms with van der Waals surface area (Å²) in [6.45, 7) is 3.00. The first-order chi connectivity index (χ1) is 10.7. The van der Waals surface area contributed by atoms with Gasteiger partial charge in [-0.15, -0.1) is 11.3 Å². The van der Waals surface area contributed by atoms with Gasteiger partial charge in [-0.1, -0.05) is 28.1 Å². The summed E-state index contributed by atoms with van der Waals surface area (Å²) in [5, 5.41) is 11.9. The van der Waals surface area contributed by atoms with Crippen LogP contribution in [0.5, 0.6) is 0 Å². The second kappa shape index (κ2) is 6.80. The molecular weight excluding hydrogens is 380 g/mol. The van der Waals surface area contributed by atoms with E-state index in [1.807, 2.05) is 29.6 Å². The maximum Gasteiger partial charge on any atom is 0.329 e. The fourth-order valence-electron chi connectivity index (χ4n) is 1.87. The number of hydrogen-bond acceptors (Lipinski definition) is 4. The molecular formula is C16H17BrN2O3S. The Morgan fingerprint density at radius 1 is 1.39 bits per heavy atom. The Balaban J connectivity index is 2.13. The SMILES string of the molecule is CN(C(=O)Cc1csc(-c2cccc(Br)c2)n1)C(C)(C)C(=O)O. The van der Waals surface area contributed by atoms with E-state index in [2.05, 4.69) is 20.9 Å². The lowest BCUT2D eigenvalue weighted by Crippen LogP contribution is -2.51. The summed E-state index contributed by atoms with van der Waals surface area (Å²) >= 11 is 4.88. The zero-order chi connectivity index (χ0) is 17.2. The number of carbonyl (C=O) groups is 2. The van der Waals surface area contributed by atoms with Gasteiger partial charge in [0.25, 0.3) is 0 Å². The summed E-state index contributed by atoms with van der Waals surface area (Å²) < 4.78 is 0.964. The van der Waals surface area contributed by atoms with Crippen LogP contribution < -0.4 is 0 Å². The molecule has 23 heavy (non-hydrogen) atoms. The number of carboxylic acids is 1. The number of thiazole rings is 1. The Bertz CT molecular complexity index is 742. The molecule has 1 aromatic heterocycles. The topological polar surface area (TPSA) is 70.5 Å². The number of rotatable bonds is 5. The van der Waals surface area contributed by atoms with Crippen LogP contribution in [0.15, 0.2) is 34.1 Å². The zero-order valence-electron chi connectivity index (χ0n) is 13.0. The van der Waals surface area contributed by atoms with Crippen LogP contribution in [0.4, 0.5) is 0 Å². The van der Waals surface area contributed by atoms with Crippen molar-refractivity contribution in [1.29, 1.82) is 0 Å². The number of amides is 1. The van der Waals surface area contributed by atoms with Crippen molar-refractivity contribution in [1.82, 2.24) is 9.88 Å². The molecule has 0 bridgehead atoms. The van der Waals surface area contributed by atoms with Crippen molar-refractivity contribution in [2.24, 2.45) is 0 Å². The smallest absolute Gasteiger partial charge is 0.329 e. The van der Waals surface area contributed by atoms with E-state index in [0.29, 0.717) is 5.69 Å². The first-order valence-corrected chi connectivity index (χ1v) is 8.59. The molecule has 0 aliphatic rings. The van der Waals surface area contributed by atoms with Crippen molar-refractivity contribution in [3.05, 3.63) is 39.8 Å². The summed E-state index contributed by atoms with van der Waals surface area (Å²) in [7, 11) is 1.50. The van der Waals surface area contributed by atoms with E-state index in [-0.39, 0.29) is 12.3 Å². The largest absolute Gasteiger partial charge is 0.480 e.